The van der Waals surface area contributed by atoms with Crippen molar-refractivity contribution in [1.82, 2.24) is 10.2 Å². The van der Waals surface area contributed by atoms with Crippen LogP contribution in [0.1, 0.15) is 0 Å². The summed E-state index contributed by atoms with van der Waals surface area (Å²) in [7, 11) is 0. The first kappa shape index (κ1) is 15.6. The Morgan fingerprint density at radius 2 is 2.13 bits per heavy atom. The number of aromatic amines is 1. The molecular weight excluding hydrogens is 325 g/mol. The first-order valence-corrected chi connectivity index (χ1v) is 7.40. The number of urea groups is 1. The molecule has 0 unspecified atom stereocenters. The van der Waals surface area contributed by atoms with E-state index in [1.54, 1.807) is 11.0 Å². The highest BCUT2D eigenvalue weighted by Crippen LogP contribution is 2.34. The van der Waals surface area contributed by atoms with Crippen molar-refractivity contribution in [2.75, 3.05) is 41.8 Å². The summed E-state index contributed by atoms with van der Waals surface area (Å²) in [5.41, 5.74) is 1.11. The van der Waals surface area contributed by atoms with Crippen molar-refractivity contribution < 1.29 is 13.9 Å². The van der Waals surface area contributed by atoms with E-state index in [9.17, 15) is 9.18 Å². The van der Waals surface area contributed by atoms with E-state index in [2.05, 4.69) is 20.8 Å². The summed E-state index contributed by atoms with van der Waals surface area (Å²) >= 11 is 5.88. The number of morpholine rings is 1. The van der Waals surface area contributed by atoms with Gasteiger partial charge in [0.25, 0.3) is 0 Å². The lowest BCUT2D eigenvalue weighted by molar-refractivity contribution is 0.122. The molecule has 0 bridgehead atoms. The normalized spacial score (nSPS) is 14.6. The topological polar surface area (TPSA) is 82.3 Å². The van der Waals surface area contributed by atoms with Gasteiger partial charge in [-0.15, -0.1) is 0 Å². The fraction of sp³-hybridized carbons (Fsp3) is 0.286. The number of carbonyl (C=O) groups excluding carboxylic acids is 1. The number of carbonyl (C=O) groups is 1. The number of amides is 2. The molecule has 1 aliphatic rings. The zero-order chi connectivity index (χ0) is 16.2. The van der Waals surface area contributed by atoms with E-state index >= 15 is 0 Å². The van der Waals surface area contributed by atoms with Crippen LogP contribution in [0.5, 0.6) is 0 Å². The molecule has 3 rings (SSSR count). The van der Waals surface area contributed by atoms with Crippen molar-refractivity contribution in [3.8, 4) is 0 Å². The van der Waals surface area contributed by atoms with Crippen LogP contribution in [0.2, 0.25) is 5.02 Å². The Kier molecular flexibility index (Phi) is 4.63. The minimum atomic E-state index is -0.560. The standard InChI is InChI=1S/C14H15ClFN5O2/c15-10-1-2-11(20-14(22)19-9-7-17-18-8-9)13(12(10)16)21-3-5-23-6-4-21/h1-2,7-8H,3-6H2,(H,17,18)(H2,19,20,22). The van der Waals surface area contributed by atoms with Crippen LogP contribution in [-0.4, -0.2) is 42.5 Å². The van der Waals surface area contributed by atoms with Crippen molar-refractivity contribution >= 4 is 34.7 Å². The average Bonchev–Trinajstić information content (AvgIpc) is 3.05. The van der Waals surface area contributed by atoms with E-state index in [-0.39, 0.29) is 10.7 Å². The summed E-state index contributed by atoms with van der Waals surface area (Å²) < 4.78 is 19.7. The van der Waals surface area contributed by atoms with Crippen LogP contribution in [0.4, 0.5) is 26.2 Å². The van der Waals surface area contributed by atoms with Crippen LogP contribution in [0.25, 0.3) is 0 Å². The molecule has 0 aliphatic carbocycles. The SMILES string of the molecule is O=C(Nc1cn[nH]c1)Nc1ccc(Cl)c(F)c1N1CCOCC1. The Morgan fingerprint density at radius 1 is 1.35 bits per heavy atom. The number of anilines is 3. The third-order valence-corrected chi connectivity index (χ3v) is 3.69. The predicted octanol–water partition coefficient (Wildman–Crippen LogP) is 2.68. The van der Waals surface area contributed by atoms with Gasteiger partial charge >= 0.3 is 6.03 Å². The molecule has 1 aromatic heterocycles. The molecule has 3 N–H and O–H groups in total. The number of H-pyrrole nitrogens is 1. The number of halogens is 2. The van der Waals surface area contributed by atoms with E-state index in [1.807, 2.05) is 0 Å². The van der Waals surface area contributed by atoms with Crippen molar-refractivity contribution in [3.05, 3.63) is 35.4 Å². The summed E-state index contributed by atoms with van der Waals surface area (Å²) in [6.45, 7) is 2.03. The predicted molar refractivity (Wildman–Crippen MR) is 85.7 cm³/mol. The summed E-state index contributed by atoms with van der Waals surface area (Å²) in [6, 6.07) is 2.49. The molecule has 23 heavy (non-hydrogen) atoms. The summed E-state index contributed by atoms with van der Waals surface area (Å²) in [4.78, 5) is 13.9. The second-order valence-corrected chi connectivity index (χ2v) is 5.33. The number of hydrogen-bond donors (Lipinski definition) is 3. The Labute approximate surface area is 136 Å². The van der Waals surface area contributed by atoms with E-state index in [0.717, 1.165) is 0 Å². The van der Waals surface area contributed by atoms with Gasteiger partial charge in [0.2, 0.25) is 0 Å². The Bertz CT molecular complexity index is 689. The fourth-order valence-corrected chi connectivity index (χ4v) is 2.49. The van der Waals surface area contributed by atoms with Gasteiger partial charge in [-0.1, -0.05) is 11.6 Å². The molecule has 0 atom stereocenters. The maximum absolute atomic E-state index is 14.5. The molecule has 122 valence electrons. The van der Waals surface area contributed by atoms with E-state index < -0.39 is 11.8 Å². The van der Waals surface area contributed by atoms with Crippen LogP contribution in [0.15, 0.2) is 24.5 Å². The lowest BCUT2D eigenvalue weighted by Crippen LogP contribution is -2.37. The van der Waals surface area contributed by atoms with E-state index in [4.69, 9.17) is 16.3 Å². The molecule has 9 heteroatoms. The second-order valence-electron chi connectivity index (χ2n) is 4.92. The molecule has 0 saturated carbocycles. The highest BCUT2D eigenvalue weighted by molar-refractivity contribution is 6.31. The van der Waals surface area contributed by atoms with Crippen molar-refractivity contribution in [3.63, 3.8) is 0 Å². The first-order valence-electron chi connectivity index (χ1n) is 7.02. The molecule has 2 heterocycles. The molecule has 0 radical (unpaired) electrons. The molecule has 2 amide bonds. The van der Waals surface area contributed by atoms with Gasteiger partial charge in [0, 0.05) is 19.3 Å². The highest BCUT2D eigenvalue weighted by atomic mass is 35.5. The van der Waals surface area contributed by atoms with Gasteiger partial charge in [0.15, 0.2) is 5.82 Å². The number of aromatic nitrogens is 2. The molecule has 2 aromatic rings. The number of benzene rings is 1. The number of rotatable bonds is 3. The van der Waals surface area contributed by atoms with Crippen LogP contribution in [0.3, 0.4) is 0 Å². The molecule has 1 saturated heterocycles. The lowest BCUT2D eigenvalue weighted by atomic mass is 10.2. The Balaban J connectivity index is 1.83. The van der Waals surface area contributed by atoms with Crippen LogP contribution < -0.4 is 15.5 Å². The number of nitrogens with one attached hydrogen (secondary N) is 3. The minimum Gasteiger partial charge on any atom is -0.378 e. The molecule has 1 aromatic carbocycles. The van der Waals surface area contributed by atoms with Crippen molar-refractivity contribution in [2.24, 2.45) is 0 Å². The molecule has 1 fully saturated rings. The minimum absolute atomic E-state index is 0.00674. The second kappa shape index (κ2) is 6.84. The van der Waals surface area contributed by atoms with Crippen molar-refractivity contribution in [2.45, 2.75) is 0 Å². The van der Waals surface area contributed by atoms with Crippen LogP contribution in [-0.2, 0) is 4.74 Å². The molecule has 0 spiro atoms. The smallest absolute Gasteiger partial charge is 0.323 e. The monoisotopic (exact) mass is 339 g/mol. The van der Waals surface area contributed by atoms with E-state index in [1.165, 1.54) is 18.5 Å². The zero-order valence-electron chi connectivity index (χ0n) is 12.1. The summed E-state index contributed by atoms with van der Waals surface area (Å²) in [5.74, 6) is -0.560. The quantitative estimate of drug-likeness (QED) is 0.803. The fourth-order valence-electron chi connectivity index (χ4n) is 2.34. The largest absolute Gasteiger partial charge is 0.378 e. The third kappa shape index (κ3) is 3.54. The van der Waals surface area contributed by atoms with Gasteiger partial charge in [-0.25, -0.2) is 9.18 Å². The van der Waals surface area contributed by atoms with Gasteiger partial charge < -0.3 is 20.3 Å². The maximum Gasteiger partial charge on any atom is 0.323 e. The summed E-state index contributed by atoms with van der Waals surface area (Å²) in [5, 5.41) is 11.6. The number of ether oxygens (including phenoxy) is 1. The van der Waals surface area contributed by atoms with Crippen molar-refractivity contribution in [1.29, 1.82) is 0 Å². The van der Waals surface area contributed by atoms with Crippen LogP contribution >= 0.6 is 11.6 Å². The van der Waals surface area contributed by atoms with Gasteiger partial charge in [-0.3, -0.25) is 5.10 Å². The van der Waals surface area contributed by atoms with Gasteiger partial charge in [0.05, 0.1) is 41.5 Å². The van der Waals surface area contributed by atoms with Gasteiger partial charge in [-0.05, 0) is 12.1 Å². The molecule has 1 aliphatic heterocycles. The Morgan fingerprint density at radius 3 is 2.83 bits per heavy atom. The maximum atomic E-state index is 14.5. The zero-order valence-corrected chi connectivity index (χ0v) is 12.9. The summed E-state index contributed by atoms with van der Waals surface area (Å²) in [6.07, 6.45) is 3.00. The molecule has 7 nitrogen and oxygen atoms in total. The van der Waals surface area contributed by atoms with Gasteiger partial charge in [0.1, 0.15) is 0 Å². The highest BCUT2D eigenvalue weighted by Gasteiger charge is 2.22. The Hall–Kier alpha value is -2.32. The van der Waals surface area contributed by atoms with Crippen LogP contribution in [0, 0.1) is 5.82 Å². The van der Waals surface area contributed by atoms with E-state index in [0.29, 0.717) is 37.7 Å². The third-order valence-electron chi connectivity index (χ3n) is 3.40. The number of hydrogen-bond acceptors (Lipinski definition) is 4. The average molecular weight is 340 g/mol. The first-order chi connectivity index (χ1) is 11.1. The lowest BCUT2D eigenvalue weighted by Gasteiger charge is -2.31. The van der Waals surface area contributed by atoms with Gasteiger partial charge in [-0.2, -0.15) is 5.10 Å². The number of nitrogens with zero attached hydrogens (tertiary/aromatic N) is 2. The molecular formula is C14H15ClFN5O2.